The smallest absolute Gasteiger partial charge is 0.185 e. The van der Waals surface area contributed by atoms with Gasteiger partial charge in [0.15, 0.2) is 5.78 Å². The largest absolute Gasteiger partial charge is 0.390 e. The zero-order valence-electron chi connectivity index (χ0n) is 18.5. The Labute approximate surface area is 194 Å². The quantitative estimate of drug-likeness (QED) is 0.549. The number of ether oxygens (including phenoxy) is 1. The third-order valence-corrected chi connectivity index (χ3v) is 6.14. The lowest BCUT2D eigenvalue weighted by molar-refractivity contribution is -0.192. The summed E-state index contributed by atoms with van der Waals surface area (Å²) in [4.78, 5) is 21.0. The highest BCUT2D eigenvalue weighted by Gasteiger charge is 2.41. The number of aliphatic hydroxyl groups is 2. The molecule has 1 aliphatic heterocycles. The van der Waals surface area contributed by atoms with E-state index in [9.17, 15) is 28.2 Å². The summed E-state index contributed by atoms with van der Waals surface area (Å²) in [5, 5.41) is 20.5. The van der Waals surface area contributed by atoms with E-state index in [0.29, 0.717) is 11.1 Å². The molecule has 0 unspecified atom stereocenters. The molecule has 1 aromatic carbocycles. The molecule has 9 heteroatoms. The molecular weight excluding hydrogens is 449 g/mol. The summed E-state index contributed by atoms with van der Waals surface area (Å²) in [6, 6.07) is 6.87. The van der Waals surface area contributed by atoms with Gasteiger partial charge in [0.25, 0.3) is 0 Å². The van der Waals surface area contributed by atoms with E-state index in [1.165, 1.54) is 12.4 Å². The lowest BCUT2D eigenvalue weighted by Crippen LogP contribution is -2.49. The Morgan fingerprint density at radius 1 is 1.00 bits per heavy atom. The molecule has 1 saturated heterocycles. The summed E-state index contributed by atoms with van der Waals surface area (Å²) in [5.74, 6) is -3.95. The lowest BCUT2D eigenvalue weighted by Gasteiger charge is -2.41. The molecule has 0 spiro atoms. The molecule has 2 aromatic heterocycles. The Morgan fingerprint density at radius 2 is 1.71 bits per heavy atom. The molecule has 4 rings (SSSR count). The molecule has 0 bridgehead atoms. The fourth-order valence-corrected chi connectivity index (χ4v) is 4.18. The fourth-order valence-electron chi connectivity index (χ4n) is 4.18. The average molecular weight is 472 g/mol. The number of rotatable bonds is 5. The Bertz CT molecular complexity index is 1200. The summed E-state index contributed by atoms with van der Waals surface area (Å²) >= 11 is 0. The molecule has 0 radical (unpaired) electrons. The SMILES string of the molecule is C[C@H]1[C@@H](O)[C@H](O)[C@@H](C)O[C@H]1c1ccncc1CC(=O)c1ccc(F)c(-c2c(F)cccc2F)n1. The topological polar surface area (TPSA) is 92.5 Å². The lowest BCUT2D eigenvalue weighted by atomic mass is 9.83. The molecular formula is C25H23F3N2O4. The van der Waals surface area contributed by atoms with Gasteiger partial charge in [-0.1, -0.05) is 13.0 Å². The highest BCUT2D eigenvalue weighted by atomic mass is 19.1. The first kappa shape index (κ1) is 24.0. The monoisotopic (exact) mass is 472 g/mol. The summed E-state index contributed by atoms with van der Waals surface area (Å²) < 4.78 is 48.7. The maximum atomic E-state index is 14.4. The van der Waals surface area contributed by atoms with E-state index in [-0.39, 0.29) is 12.1 Å². The normalized spacial score (nSPS) is 24.7. The van der Waals surface area contributed by atoms with E-state index in [4.69, 9.17) is 4.74 Å². The van der Waals surface area contributed by atoms with Gasteiger partial charge >= 0.3 is 0 Å². The van der Waals surface area contributed by atoms with E-state index >= 15 is 0 Å². The van der Waals surface area contributed by atoms with E-state index in [1.54, 1.807) is 19.9 Å². The van der Waals surface area contributed by atoms with E-state index < -0.39 is 64.8 Å². The summed E-state index contributed by atoms with van der Waals surface area (Å²) in [6.07, 6.45) is -0.501. The van der Waals surface area contributed by atoms with Crippen LogP contribution in [0.2, 0.25) is 0 Å². The minimum Gasteiger partial charge on any atom is -0.390 e. The van der Waals surface area contributed by atoms with Crippen molar-refractivity contribution in [2.24, 2.45) is 5.92 Å². The number of hydrogen-bond acceptors (Lipinski definition) is 6. The van der Waals surface area contributed by atoms with Gasteiger partial charge in [-0.3, -0.25) is 9.78 Å². The van der Waals surface area contributed by atoms with Gasteiger partial charge in [-0.25, -0.2) is 18.2 Å². The van der Waals surface area contributed by atoms with Crippen LogP contribution >= 0.6 is 0 Å². The van der Waals surface area contributed by atoms with Gasteiger partial charge in [-0.05, 0) is 48.4 Å². The molecule has 5 atom stereocenters. The second-order valence-electron chi connectivity index (χ2n) is 8.40. The van der Waals surface area contributed by atoms with Crippen molar-refractivity contribution < 1.29 is 32.9 Å². The van der Waals surface area contributed by atoms with Crippen LogP contribution < -0.4 is 0 Å². The van der Waals surface area contributed by atoms with Crippen molar-refractivity contribution in [1.82, 2.24) is 9.97 Å². The number of aromatic nitrogens is 2. The number of ketones is 1. The minimum absolute atomic E-state index is 0.171. The third kappa shape index (κ3) is 4.46. The van der Waals surface area contributed by atoms with Crippen molar-refractivity contribution in [3.63, 3.8) is 0 Å². The number of benzene rings is 1. The number of pyridine rings is 2. The van der Waals surface area contributed by atoms with Crippen molar-refractivity contribution in [3.8, 4) is 11.3 Å². The van der Waals surface area contributed by atoms with Crippen LogP contribution in [0.25, 0.3) is 11.3 Å². The second kappa shape index (κ2) is 9.61. The summed E-state index contributed by atoms with van der Waals surface area (Å²) in [5.41, 5.74) is -0.318. The zero-order valence-corrected chi connectivity index (χ0v) is 18.5. The van der Waals surface area contributed by atoms with Gasteiger partial charge in [0, 0.05) is 24.7 Å². The van der Waals surface area contributed by atoms with Gasteiger partial charge in [0.2, 0.25) is 0 Å². The Hall–Kier alpha value is -3.14. The van der Waals surface area contributed by atoms with Crippen molar-refractivity contribution in [3.05, 3.63) is 83.1 Å². The van der Waals surface area contributed by atoms with Crippen molar-refractivity contribution in [2.75, 3.05) is 0 Å². The van der Waals surface area contributed by atoms with Gasteiger partial charge in [-0.15, -0.1) is 0 Å². The Balaban J connectivity index is 1.65. The standard InChI is InChI=1S/C25H23F3N2O4/c1-12-23(32)24(33)13(2)34-25(12)15-8-9-29-11-14(15)10-20(31)19-7-6-18(28)22(30-19)21-16(26)4-3-5-17(21)27/h3-9,11-13,23-25,32-33H,10H2,1-2H3/t12-,13+,23+,24+,25+/m0/s1. The average Bonchev–Trinajstić information content (AvgIpc) is 2.81. The van der Waals surface area contributed by atoms with E-state index in [0.717, 1.165) is 30.3 Å². The van der Waals surface area contributed by atoms with Crippen LogP contribution in [0, 0.1) is 23.4 Å². The summed E-state index contributed by atoms with van der Waals surface area (Å²) in [7, 11) is 0. The first-order valence-electron chi connectivity index (χ1n) is 10.8. The molecule has 0 saturated carbocycles. The predicted octanol–water partition coefficient (Wildman–Crippen LogP) is 3.80. The van der Waals surface area contributed by atoms with Crippen LogP contribution in [-0.4, -0.2) is 44.3 Å². The first-order chi connectivity index (χ1) is 16.2. The number of aliphatic hydroxyl groups excluding tert-OH is 2. The number of hydrogen-bond donors (Lipinski definition) is 2. The fraction of sp³-hybridized carbons (Fsp3) is 0.320. The van der Waals surface area contributed by atoms with Crippen LogP contribution in [0.15, 0.2) is 48.8 Å². The third-order valence-electron chi connectivity index (χ3n) is 6.14. The van der Waals surface area contributed by atoms with Crippen LogP contribution in [0.1, 0.15) is 41.6 Å². The Morgan fingerprint density at radius 3 is 2.41 bits per heavy atom. The molecule has 1 aliphatic rings. The zero-order chi connectivity index (χ0) is 24.6. The predicted molar refractivity (Wildman–Crippen MR) is 116 cm³/mol. The maximum absolute atomic E-state index is 14.4. The van der Waals surface area contributed by atoms with Gasteiger partial charge < -0.3 is 14.9 Å². The molecule has 0 amide bonds. The number of carbonyl (C=O) groups excluding carboxylic acids is 1. The second-order valence-corrected chi connectivity index (χ2v) is 8.40. The van der Waals surface area contributed by atoms with Crippen LogP contribution in [0.3, 0.4) is 0 Å². The van der Waals surface area contributed by atoms with Gasteiger partial charge in [-0.2, -0.15) is 0 Å². The molecule has 3 heterocycles. The van der Waals surface area contributed by atoms with Crippen molar-refractivity contribution in [1.29, 1.82) is 0 Å². The maximum Gasteiger partial charge on any atom is 0.185 e. The van der Waals surface area contributed by atoms with Crippen LogP contribution in [-0.2, 0) is 11.2 Å². The first-order valence-corrected chi connectivity index (χ1v) is 10.8. The highest BCUT2D eigenvalue weighted by molar-refractivity contribution is 5.96. The number of nitrogens with zero attached hydrogens (tertiary/aromatic N) is 2. The van der Waals surface area contributed by atoms with Crippen LogP contribution in [0.4, 0.5) is 13.2 Å². The Kier molecular flexibility index (Phi) is 6.79. The number of Topliss-reactive ketones (excluding diaryl/α,β-unsaturated/α-hetero) is 1. The van der Waals surface area contributed by atoms with Crippen molar-refractivity contribution >= 4 is 5.78 Å². The molecule has 6 nitrogen and oxygen atoms in total. The van der Waals surface area contributed by atoms with Gasteiger partial charge in [0.1, 0.15) is 34.9 Å². The highest BCUT2D eigenvalue weighted by Crippen LogP contribution is 2.38. The van der Waals surface area contributed by atoms with E-state index in [1.807, 2.05) is 0 Å². The molecule has 0 aliphatic carbocycles. The molecule has 2 N–H and O–H groups in total. The van der Waals surface area contributed by atoms with Gasteiger partial charge in [0.05, 0.1) is 23.9 Å². The summed E-state index contributed by atoms with van der Waals surface area (Å²) in [6.45, 7) is 3.37. The van der Waals surface area contributed by atoms with Crippen molar-refractivity contribution in [2.45, 2.75) is 44.7 Å². The molecule has 3 aromatic rings. The number of halogens is 3. The molecule has 34 heavy (non-hydrogen) atoms. The molecule has 178 valence electrons. The minimum atomic E-state index is -1.04. The number of carbonyl (C=O) groups is 1. The van der Waals surface area contributed by atoms with E-state index in [2.05, 4.69) is 9.97 Å². The molecule has 1 fully saturated rings. The van der Waals surface area contributed by atoms with Crippen LogP contribution in [0.5, 0.6) is 0 Å².